The molecule has 2 saturated heterocycles. The number of fused-ring (bicyclic) bond motifs is 1. The molecule has 2 aromatic rings. The summed E-state index contributed by atoms with van der Waals surface area (Å²) in [6.45, 7) is 6.58. The lowest BCUT2D eigenvalue weighted by molar-refractivity contribution is -0.134. The fourth-order valence-electron chi connectivity index (χ4n) is 6.49. The Kier molecular flexibility index (Phi) is 5.80. The SMILES string of the molecule is C[C@@H]1CCc2ncnc(N3CCN(C(=O)[C@@H](c4ccc(C5CC5)cc4)[C@@H]4CCCN4C)CC3)c21. The first-order valence-electron chi connectivity index (χ1n) is 13.3. The van der Waals surface area contributed by atoms with E-state index < -0.39 is 0 Å². The summed E-state index contributed by atoms with van der Waals surface area (Å²) in [6, 6.07) is 9.32. The van der Waals surface area contributed by atoms with Gasteiger partial charge in [-0.25, -0.2) is 9.97 Å². The van der Waals surface area contributed by atoms with Crippen LogP contribution in [0, 0.1) is 0 Å². The van der Waals surface area contributed by atoms with E-state index >= 15 is 0 Å². The Labute approximate surface area is 203 Å². The van der Waals surface area contributed by atoms with E-state index in [1.165, 1.54) is 41.6 Å². The lowest BCUT2D eigenvalue weighted by Gasteiger charge is -2.39. The van der Waals surface area contributed by atoms with E-state index in [1.54, 1.807) is 6.33 Å². The van der Waals surface area contributed by atoms with Gasteiger partial charge in [0.25, 0.3) is 0 Å². The van der Waals surface area contributed by atoms with Crippen LogP contribution in [-0.2, 0) is 11.2 Å². The lowest BCUT2D eigenvalue weighted by Crippen LogP contribution is -2.52. The van der Waals surface area contributed by atoms with Gasteiger partial charge >= 0.3 is 0 Å². The van der Waals surface area contributed by atoms with Gasteiger partial charge in [-0.2, -0.15) is 0 Å². The number of aryl methyl sites for hydroxylation is 1. The monoisotopic (exact) mass is 459 g/mol. The van der Waals surface area contributed by atoms with E-state index in [0.717, 1.165) is 63.7 Å². The van der Waals surface area contributed by atoms with Gasteiger partial charge in [-0.15, -0.1) is 0 Å². The van der Waals surface area contributed by atoms with Crippen molar-refractivity contribution >= 4 is 11.7 Å². The highest BCUT2D eigenvalue weighted by Gasteiger charge is 2.39. The maximum Gasteiger partial charge on any atom is 0.231 e. The lowest BCUT2D eigenvalue weighted by atomic mass is 9.87. The minimum absolute atomic E-state index is 0.0735. The van der Waals surface area contributed by atoms with E-state index in [2.05, 4.69) is 62.9 Å². The molecule has 0 bridgehead atoms. The van der Waals surface area contributed by atoms with Crippen molar-refractivity contribution in [2.75, 3.05) is 44.7 Å². The molecule has 1 saturated carbocycles. The van der Waals surface area contributed by atoms with Crippen molar-refractivity contribution < 1.29 is 4.79 Å². The van der Waals surface area contributed by atoms with Gasteiger partial charge in [0.05, 0.1) is 5.92 Å². The number of rotatable bonds is 5. The first kappa shape index (κ1) is 22.0. The van der Waals surface area contributed by atoms with Crippen molar-refractivity contribution in [3.05, 3.63) is 53.0 Å². The van der Waals surface area contributed by atoms with Crippen LogP contribution < -0.4 is 4.90 Å². The quantitative estimate of drug-likeness (QED) is 0.678. The van der Waals surface area contributed by atoms with Gasteiger partial charge < -0.3 is 14.7 Å². The second-order valence-corrected chi connectivity index (χ2v) is 10.9. The summed E-state index contributed by atoms with van der Waals surface area (Å²) in [6.07, 6.45) is 8.84. The maximum atomic E-state index is 14.0. The first-order valence-corrected chi connectivity index (χ1v) is 13.3. The molecule has 34 heavy (non-hydrogen) atoms. The maximum absolute atomic E-state index is 14.0. The van der Waals surface area contributed by atoms with Crippen LogP contribution in [0.2, 0.25) is 0 Å². The number of benzene rings is 1. The molecule has 0 unspecified atom stereocenters. The molecule has 4 aliphatic rings. The van der Waals surface area contributed by atoms with Crippen LogP contribution in [-0.4, -0.2) is 71.5 Å². The summed E-state index contributed by atoms with van der Waals surface area (Å²) in [5.41, 5.74) is 5.19. The van der Waals surface area contributed by atoms with E-state index in [9.17, 15) is 4.79 Å². The molecule has 6 heteroatoms. The Morgan fingerprint density at radius 1 is 0.971 bits per heavy atom. The van der Waals surface area contributed by atoms with Crippen LogP contribution in [0.5, 0.6) is 0 Å². The number of likely N-dealkylation sites (tertiary alicyclic amines) is 1. The molecule has 1 aromatic carbocycles. The third kappa shape index (κ3) is 4.00. The zero-order valence-electron chi connectivity index (χ0n) is 20.6. The average molecular weight is 460 g/mol. The molecule has 6 nitrogen and oxygen atoms in total. The minimum atomic E-state index is -0.0735. The molecular weight excluding hydrogens is 422 g/mol. The van der Waals surface area contributed by atoms with Gasteiger partial charge in [0.1, 0.15) is 12.1 Å². The summed E-state index contributed by atoms with van der Waals surface area (Å²) < 4.78 is 0. The molecule has 2 aliphatic heterocycles. The van der Waals surface area contributed by atoms with Gasteiger partial charge in [0.15, 0.2) is 0 Å². The van der Waals surface area contributed by atoms with Crippen LogP contribution in [0.25, 0.3) is 0 Å². The number of carbonyl (C=O) groups excluding carboxylic acids is 1. The molecule has 0 N–H and O–H groups in total. The second kappa shape index (κ2) is 8.95. The summed E-state index contributed by atoms with van der Waals surface area (Å²) in [7, 11) is 2.19. The minimum Gasteiger partial charge on any atom is -0.353 e. The van der Waals surface area contributed by atoms with E-state index in [1.807, 2.05) is 0 Å². The number of piperazine rings is 1. The largest absolute Gasteiger partial charge is 0.353 e. The van der Waals surface area contributed by atoms with Gasteiger partial charge in [-0.1, -0.05) is 31.2 Å². The number of likely N-dealkylation sites (N-methyl/N-ethyl adjacent to an activating group) is 1. The van der Waals surface area contributed by atoms with Crippen LogP contribution >= 0.6 is 0 Å². The van der Waals surface area contributed by atoms with E-state index in [-0.39, 0.29) is 5.92 Å². The van der Waals surface area contributed by atoms with Crippen molar-refractivity contribution in [3.63, 3.8) is 0 Å². The van der Waals surface area contributed by atoms with E-state index in [4.69, 9.17) is 0 Å². The highest BCUT2D eigenvalue weighted by atomic mass is 16.2. The normalized spacial score (nSPS) is 26.1. The van der Waals surface area contributed by atoms with Crippen molar-refractivity contribution in [1.82, 2.24) is 19.8 Å². The molecule has 3 fully saturated rings. The third-order valence-corrected chi connectivity index (χ3v) is 8.72. The number of hydrogen-bond acceptors (Lipinski definition) is 5. The molecule has 3 atom stereocenters. The molecular formula is C28H37N5O. The van der Waals surface area contributed by atoms with Gasteiger partial charge in [-0.05, 0) is 75.1 Å². The Morgan fingerprint density at radius 2 is 1.74 bits per heavy atom. The number of nitrogens with zero attached hydrogens (tertiary/aromatic N) is 5. The van der Waals surface area contributed by atoms with Crippen molar-refractivity contribution in [2.24, 2.45) is 0 Å². The Hall–Kier alpha value is -2.47. The number of hydrogen-bond donors (Lipinski definition) is 0. The second-order valence-electron chi connectivity index (χ2n) is 10.9. The summed E-state index contributed by atoms with van der Waals surface area (Å²) >= 11 is 0. The summed E-state index contributed by atoms with van der Waals surface area (Å²) in [5.74, 6) is 2.60. The molecule has 0 radical (unpaired) electrons. The Morgan fingerprint density at radius 3 is 2.41 bits per heavy atom. The fourth-order valence-corrected chi connectivity index (χ4v) is 6.49. The number of amides is 1. The van der Waals surface area contributed by atoms with Gasteiger partial charge in [0, 0.05) is 43.5 Å². The van der Waals surface area contributed by atoms with Crippen LogP contribution in [0.3, 0.4) is 0 Å². The summed E-state index contributed by atoms with van der Waals surface area (Å²) in [5, 5.41) is 0. The Balaban J connectivity index is 1.20. The number of aromatic nitrogens is 2. The molecule has 1 amide bonds. The van der Waals surface area contributed by atoms with Crippen LogP contribution in [0.1, 0.15) is 79.2 Å². The van der Waals surface area contributed by atoms with Crippen LogP contribution in [0.15, 0.2) is 30.6 Å². The predicted octanol–water partition coefficient (Wildman–Crippen LogP) is 3.93. The number of carbonyl (C=O) groups is 1. The number of anilines is 1. The highest BCUT2D eigenvalue weighted by Crippen LogP contribution is 2.41. The van der Waals surface area contributed by atoms with E-state index in [0.29, 0.717) is 17.9 Å². The molecule has 0 spiro atoms. The smallest absolute Gasteiger partial charge is 0.231 e. The van der Waals surface area contributed by atoms with Crippen molar-refractivity contribution in [2.45, 2.75) is 69.2 Å². The van der Waals surface area contributed by atoms with Gasteiger partial charge in [0.2, 0.25) is 5.91 Å². The predicted molar refractivity (Wildman–Crippen MR) is 134 cm³/mol. The third-order valence-electron chi connectivity index (χ3n) is 8.72. The van der Waals surface area contributed by atoms with Gasteiger partial charge in [-0.3, -0.25) is 4.79 Å². The van der Waals surface area contributed by atoms with Crippen molar-refractivity contribution in [1.29, 1.82) is 0 Å². The zero-order valence-corrected chi connectivity index (χ0v) is 20.6. The van der Waals surface area contributed by atoms with Crippen molar-refractivity contribution in [3.8, 4) is 0 Å². The Bertz CT molecular complexity index is 1040. The molecule has 180 valence electrons. The zero-order chi connectivity index (χ0) is 23.2. The summed E-state index contributed by atoms with van der Waals surface area (Å²) in [4.78, 5) is 30.1. The topological polar surface area (TPSA) is 52.6 Å². The van der Waals surface area contributed by atoms with Crippen LogP contribution in [0.4, 0.5) is 5.82 Å². The fraction of sp³-hybridized carbons (Fsp3) is 0.607. The molecule has 3 heterocycles. The highest BCUT2D eigenvalue weighted by molar-refractivity contribution is 5.85. The molecule has 1 aromatic heterocycles. The standard InChI is InChI=1S/C28H37N5O/c1-19-5-12-23-25(19)27(30-18-29-23)32-14-16-33(17-15-32)28(34)26(24-4-3-13-31(24)2)22-10-8-21(9-11-22)20-6-7-20/h8-11,18-20,24,26H,3-7,12-17H2,1-2H3/t19-,24+,26+/m1/s1. The first-order chi connectivity index (χ1) is 16.6. The average Bonchev–Trinajstić information content (AvgIpc) is 3.54. The molecule has 2 aliphatic carbocycles. The molecule has 6 rings (SSSR count).